The van der Waals surface area contributed by atoms with Gasteiger partial charge in [0.15, 0.2) is 11.5 Å². The largest absolute Gasteiger partial charge is 0.453 e. The van der Waals surface area contributed by atoms with Gasteiger partial charge in [0.1, 0.15) is 12.4 Å². The minimum absolute atomic E-state index is 0.0537. The lowest BCUT2D eigenvalue weighted by atomic mass is 10.3. The fourth-order valence-corrected chi connectivity index (χ4v) is 2.99. The minimum atomic E-state index is -4.62. The molecule has 4 rings (SSSR count). The fourth-order valence-electron chi connectivity index (χ4n) is 2.99. The number of halogens is 3. The van der Waals surface area contributed by atoms with Gasteiger partial charge in [-0.1, -0.05) is 5.16 Å². The summed E-state index contributed by atoms with van der Waals surface area (Å²) >= 11 is 0. The van der Waals surface area contributed by atoms with Crippen LogP contribution in [0.5, 0.6) is 0 Å². The molecule has 0 aliphatic carbocycles. The Kier molecular flexibility index (Phi) is 4.85. The van der Waals surface area contributed by atoms with Crippen LogP contribution in [0.2, 0.25) is 0 Å². The molecule has 1 fully saturated rings. The van der Waals surface area contributed by atoms with E-state index in [1.165, 1.54) is 6.07 Å². The van der Waals surface area contributed by atoms with Crippen LogP contribution in [0.3, 0.4) is 0 Å². The lowest BCUT2D eigenvalue weighted by Gasteiger charge is -2.34. The SMILES string of the molecule is COCc1noc(CN2CCN(c3ccc4nnc(C(F)(F)F)n4n3)CC2)n1. The van der Waals surface area contributed by atoms with Crippen LogP contribution in [-0.4, -0.2) is 68.1 Å². The molecule has 0 atom stereocenters. The molecule has 0 bridgehead atoms. The van der Waals surface area contributed by atoms with E-state index in [1.54, 1.807) is 13.2 Å². The first kappa shape index (κ1) is 18.6. The molecule has 0 amide bonds. The molecular formula is C15H17F3N8O2. The standard InChI is InChI=1S/C15H17F3N8O2/c1-27-9-10-19-13(28-23-10)8-24-4-6-25(7-5-24)12-3-2-11-20-21-14(15(16,17)18)26(11)22-12/h2-3H,4-9H2,1H3. The molecule has 10 nitrogen and oxygen atoms in total. The summed E-state index contributed by atoms with van der Waals surface area (Å²) < 4.78 is 49.9. The van der Waals surface area contributed by atoms with Crippen molar-refractivity contribution in [3.05, 3.63) is 29.7 Å². The molecule has 3 aromatic heterocycles. The molecule has 150 valence electrons. The smallest absolute Gasteiger partial charge is 0.377 e. The number of hydrogen-bond acceptors (Lipinski definition) is 9. The predicted molar refractivity (Wildman–Crippen MR) is 88.3 cm³/mol. The molecule has 28 heavy (non-hydrogen) atoms. The first-order valence-corrected chi connectivity index (χ1v) is 8.51. The van der Waals surface area contributed by atoms with Crippen LogP contribution in [0.4, 0.5) is 19.0 Å². The second-order valence-electron chi connectivity index (χ2n) is 6.28. The number of aromatic nitrogens is 6. The summed E-state index contributed by atoms with van der Waals surface area (Å²) in [5.74, 6) is 0.297. The third kappa shape index (κ3) is 3.75. The van der Waals surface area contributed by atoms with Gasteiger partial charge in [-0.3, -0.25) is 4.90 Å². The van der Waals surface area contributed by atoms with Gasteiger partial charge in [0, 0.05) is 33.3 Å². The van der Waals surface area contributed by atoms with E-state index < -0.39 is 12.0 Å². The Hall–Kier alpha value is -2.80. The second kappa shape index (κ2) is 7.31. The van der Waals surface area contributed by atoms with Gasteiger partial charge in [-0.2, -0.15) is 22.7 Å². The first-order chi connectivity index (χ1) is 13.4. The van der Waals surface area contributed by atoms with Crippen LogP contribution in [0.15, 0.2) is 16.7 Å². The monoisotopic (exact) mass is 398 g/mol. The zero-order valence-corrected chi connectivity index (χ0v) is 14.9. The fraction of sp³-hybridized carbons (Fsp3) is 0.533. The maximum atomic E-state index is 13.0. The highest BCUT2D eigenvalue weighted by Gasteiger charge is 2.37. The van der Waals surface area contributed by atoms with Crippen molar-refractivity contribution >= 4 is 11.5 Å². The van der Waals surface area contributed by atoms with Gasteiger partial charge in [0.25, 0.3) is 5.82 Å². The Morgan fingerprint density at radius 3 is 2.64 bits per heavy atom. The first-order valence-electron chi connectivity index (χ1n) is 8.51. The van der Waals surface area contributed by atoms with Crippen molar-refractivity contribution in [2.75, 3.05) is 38.2 Å². The molecule has 0 aromatic carbocycles. The van der Waals surface area contributed by atoms with E-state index in [2.05, 4.69) is 30.3 Å². The molecule has 0 radical (unpaired) electrons. The Labute approximate surface area is 156 Å². The van der Waals surface area contributed by atoms with E-state index in [4.69, 9.17) is 9.26 Å². The van der Waals surface area contributed by atoms with Crippen LogP contribution in [0, 0.1) is 0 Å². The van der Waals surface area contributed by atoms with Gasteiger partial charge in [0.2, 0.25) is 5.89 Å². The number of anilines is 1. The van der Waals surface area contributed by atoms with Crippen molar-refractivity contribution < 1.29 is 22.4 Å². The Balaban J connectivity index is 1.41. The van der Waals surface area contributed by atoms with Gasteiger partial charge < -0.3 is 14.2 Å². The van der Waals surface area contributed by atoms with Crippen LogP contribution in [0.1, 0.15) is 17.5 Å². The Morgan fingerprint density at radius 1 is 1.14 bits per heavy atom. The summed E-state index contributed by atoms with van der Waals surface area (Å²) in [7, 11) is 1.55. The van der Waals surface area contributed by atoms with Crippen LogP contribution >= 0.6 is 0 Å². The van der Waals surface area contributed by atoms with Gasteiger partial charge in [-0.05, 0) is 12.1 Å². The third-order valence-corrected chi connectivity index (χ3v) is 4.34. The van der Waals surface area contributed by atoms with Gasteiger partial charge in [0.05, 0.1) is 6.54 Å². The summed E-state index contributed by atoms with van der Waals surface area (Å²) in [6.45, 7) is 3.34. The van der Waals surface area contributed by atoms with E-state index in [9.17, 15) is 13.2 Å². The summed E-state index contributed by atoms with van der Waals surface area (Å²) in [4.78, 5) is 8.28. The molecule has 4 heterocycles. The highest BCUT2D eigenvalue weighted by atomic mass is 19.4. The normalized spacial score (nSPS) is 16.2. The van der Waals surface area contributed by atoms with Crippen LogP contribution < -0.4 is 4.90 Å². The highest BCUT2D eigenvalue weighted by Crippen LogP contribution is 2.28. The zero-order chi connectivity index (χ0) is 19.7. The van der Waals surface area contributed by atoms with E-state index in [-0.39, 0.29) is 12.3 Å². The summed E-state index contributed by atoms with van der Waals surface area (Å²) in [6.07, 6.45) is -4.62. The molecule has 1 aliphatic rings. The van der Waals surface area contributed by atoms with Crippen LogP contribution in [0.25, 0.3) is 5.65 Å². The molecule has 3 aromatic rings. The molecule has 0 unspecified atom stereocenters. The Bertz CT molecular complexity index is 948. The average molecular weight is 398 g/mol. The van der Waals surface area contributed by atoms with Crippen molar-refractivity contribution in [2.24, 2.45) is 0 Å². The summed E-state index contributed by atoms with van der Waals surface area (Å²) in [5.41, 5.74) is 0.0537. The highest BCUT2D eigenvalue weighted by molar-refractivity contribution is 5.46. The number of fused-ring (bicyclic) bond motifs is 1. The predicted octanol–water partition coefficient (Wildman–Crippen LogP) is 0.995. The number of ether oxygens (including phenoxy) is 1. The molecule has 1 saturated heterocycles. The lowest BCUT2D eigenvalue weighted by Crippen LogP contribution is -2.46. The average Bonchev–Trinajstić information content (AvgIpc) is 3.28. The zero-order valence-electron chi connectivity index (χ0n) is 14.9. The van der Waals surface area contributed by atoms with Gasteiger partial charge >= 0.3 is 6.18 Å². The third-order valence-electron chi connectivity index (χ3n) is 4.34. The molecule has 1 aliphatic heterocycles. The van der Waals surface area contributed by atoms with Crippen molar-refractivity contribution in [1.29, 1.82) is 0 Å². The molecule has 0 saturated carbocycles. The number of nitrogens with zero attached hydrogens (tertiary/aromatic N) is 8. The number of methoxy groups -OCH3 is 1. The van der Waals surface area contributed by atoms with Crippen molar-refractivity contribution in [3.63, 3.8) is 0 Å². The van der Waals surface area contributed by atoms with E-state index in [1.807, 2.05) is 4.90 Å². The van der Waals surface area contributed by atoms with E-state index in [0.717, 1.165) is 4.52 Å². The topological polar surface area (TPSA) is 97.7 Å². The number of alkyl halides is 3. The van der Waals surface area contributed by atoms with Crippen molar-refractivity contribution in [1.82, 2.24) is 34.9 Å². The summed E-state index contributed by atoms with van der Waals surface area (Å²) in [5, 5.41) is 14.6. The number of rotatable bonds is 5. The maximum Gasteiger partial charge on any atom is 0.453 e. The van der Waals surface area contributed by atoms with Gasteiger partial charge in [-0.25, -0.2) is 0 Å². The molecule has 13 heteroatoms. The van der Waals surface area contributed by atoms with Crippen LogP contribution in [-0.2, 0) is 24.1 Å². The van der Waals surface area contributed by atoms with Gasteiger partial charge in [-0.15, -0.1) is 15.3 Å². The lowest BCUT2D eigenvalue weighted by molar-refractivity contribution is -0.146. The maximum absolute atomic E-state index is 13.0. The molecule has 0 spiro atoms. The van der Waals surface area contributed by atoms with Crippen molar-refractivity contribution in [2.45, 2.75) is 19.3 Å². The molecular weight excluding hydrogens is 381 g/mol. The summed E-state index contributed by atoms with van der Waals surface area (Å²) in [6, 6.07) is 3.13. The second-order valence-corrected chi connectivity index (χ2v) is 6.28. The number of piperazine rings is 1. The van der Waals surface area contributed by atoms with E-state index >= 15 is 0 Å². The van der Waals surface area contributed by atoms with Crippen molar-refractivity contribution in [3.8, 4) is 0 Å². The Morgan fingerprint density at radius 2 is 1.93 bits per heavy atom. The minimum Gasteiger partial charge on any atom is -0.377 e. The molecule has 0 N–H and O–H groups in total. The number of hydrogen-bond donors (Lipinski definition) is 0. The quantitative estimate of drug-likeness (QED) is 0.623. The van der Waals surface area contributed by atoms with E-state index in [0.29, 0.717) is 50.3 Å².